The molecule has 0 saturated heterocycles. The molecule has 20 heavy (non-hydrogen) atoms. The van der Waals surface area contributed by atoms with E-state index in [-0.39, 0.29) is 0 Å². The summed E-state index contributed by atoms with van der Waals surface area (Å²) < 4.78 is 20.3. The lowest BCUT2D eigenvalue weighted by Gasteiger charge is -2.15. The minimum absolute atomic E-state index is 0.316. The molecule has 0 saturated carbocycles. The Labute approximate surface area is 122 Å². The molecule has 0 aliphatic carbocycles. The van der Waals surface area contributed by atoms with Crippen LogP contribution in [0.1, 0.15) is 27.2 Å². The summed E-state index contributed by atoms with van der Waals surface area (Å²) in [7, 11) is -1.00. The van der Waals surface area contributed by atoms with E-state index in [0.717, 1.165) is 6.04 Å². The van der Waals surface area contributed by atoms with Gasteiger partial charge in [-0.05, 0) is 33.2 Å². The summed E-state index contributed by atoms with van der Waals surface area (Å²) >= 11 is 0. The molecule has 0 unspecified atom stereocenters. The topological polar surface area (TPSA) is 71.1 Å². The van der Waals surface area contributed by atoms with Gasteiger partial charge in [-0.15, -0.1) is 0 Å². The smallest absolute Gasteiger partial charge is 0.349 e. The highest BCUT2D eigenvalue weighted by Gasteiger charge is 2.19. The van der Waals surface area contributed by atoms with E-state index in [1.165, 1.54) is 0 Å². The zero-order chi connectivity index (χ0) is 15.4. The minimum Gasteiger partial charge on any atom is -0.521 e. The quantitative estimate of drug-likeness (QED) is 0.186. The number of carbonyl (C=O) groups excluding carboxylic acids is 2. The Bertz CT molecular complexity index is 312. The lowest BCUT2D eigenvalue weighted by Crippen LogP contribution is -2.30. The molecule has 0 rings (SSSR count). The molecule has 0 bridgehead atoms. The van der Waals surface area contributed by atoms with Crippen molar-refractivity contribution in [3.05, 3.63) is 12.2 Å². The first-order valence-corrected chi connectivity index (χ1v) is 8.33. The lowest BCUT2D eigenvalue weighted by atomic mass is 10.4. The molecule has 0 aliphatic rings. The van der Waals surface area contributed by atoms with Crippen LogP contribution in [0.4, 0.5) is 0 Å². The van der Waals surface area contributed by atoms with Gasteiger partial charge < -0.3 is 18.6 Å². The van der Waals surface area contributed by atoms with Crippen molar-refractivity contribution >= 4 is 21.7 Å². The second-order valence-electron chi connectivity index (χ2n) is 4.03. The summed E-state index contributed by atoms with van der Waals surface area (Å²) in [6.07, 6.45) is -0.259. The first kappa shape index (κ1) is 18.8. The van der Waals surface area contributed by atoms with Crippen molar-refractivity contribution in [2.75, 3.05) is 19.8 Å². The molecule has 0 aromatic rings. The average molecular weight is 304 g/mol. The summed E-state index contributed by atoms with van der Waals surface area (Å²) in [5.41, 5.74) is 0.380. The van der Waals surface area contributed by atoms with Crippen LogP contribution in [0, 0.1) is 0 Å². The van der Waals surface area contributed by atoms with Crippen LogP contribution in [0.15, 0.2) is 12.2 Å². The van der Waals surface area contributed by atoms with Gasteiger partial charge in [0, 0.05) is 18.8 Å². The number of rotatable bonds is 11. The van der Waals surface area contributed by atoms with Gasteiger partial charge in [-0.25, -0.2) is 9.59 Å². The normalized spacial score (nSPS) is 11.0. The number of hydrogen-bond acceptors (Lipinski definition) is 6. The molecular weight excluding hydrogens is 280 g/mol. The minimum atomic E-state index is -1.00. The van der Waals surface area contributed by atoms with Gasteiger partial charge in [-0.2, -0.15) is 0 Å². The molecule has 0 fully saturated rings. The van der Waals surface area contributed by atoms with Gasteiger partial charge >= 0.3 is 11.9 Å². The van der Waals surface area contributed by atoms with Gasteiger partial charge in [0.25, 0.3) is 6.29 Å². The standard InChI is InChI=1S/C13H24O6Si/c1-5-16-13(17-6-2)12(15)19-20-9-7-8-18-11(14)10(3)4/h13H,3,5-9,20H2,1-2,4H3. The molecule has 0 aliphatic heterocycles. The van der Waals surface area contributed by atoms with Gasteiger partial charge in [0.15, 0.2) is 0 Å². The zero-order valence-electron chi connectivity index (χ0n) is 12.5. The van der Waals surface area contributed by atoms with E-state index in [9.17, 15) is 9.59 Å². The van der Waals surface area contributed by atoms with Crippen molar-refractivity contribution in [3.63, 3.8) is 0 Å². The van der Waals surface area contributed by atoms with Crippen LogP contribution >= 0.6 is 0 Å². The van der Waals surface area contributed by atoms with Gasteiger partial charge in [-0.3, -0.25) is 0 Å². The second-order valence-corrected chi connectivity index (χ2v) is 5.44. The van der Waals surface area contributed by atoms with Gasteiger partial charge in [0.1, 0.15) is 0 Å². The molecule has 116 valence electrons. The summed E-state index contributed by atoms with van der Waals surface area (Å²) in [5, 5.41) is 0. The zero-order valence-corrected chi connectivity index (χ0v) is 13.9. The molecule has 0 aromatic heterocycles. The molecule has 6 nitrogen and oxygen atoms in total. The first-order valence-electron chi connectivity index (χ1n) is 6.75. The monoisotopic (exact) mass is 304 g/mol. The van der Waals surface area contributed by atoms with Crippen LogP contribution < -0.4 is 0 Å². The van der Waals surface area contributed by atoms with Gasteiger partial charge in [0.2, 0.25) is 9.76 Å². The van der Waals surface area contributed by atoms with Crippen molar-refractivity contribution in [2.45, 2.75) is 39.5 Å². The van der Waals surface area contributed by atoms with E-state index < -0.39 is 28.0 Å². The third-order valence-corrected chi connectivity index (χ3v) is 3.47. The van der Waals surface area contributed by atoms with Crippen LogP contribution in [-0.4, -0.2) is 47.8 Å². The Balaban J connectivity index is 3.69. The van der Waals surface area contributed by atoms with Crippen molar-refractivity contribution < 1.29 is 28.2 Å². The SMILES string of the molecule is C=C(C)C(=O)OCCC[SiH2]OC(=O)C(OCC)OCC. The highest BCUT2D eigenvalue weighted by molar-refractivity contribution is 6.30. The number of hydrogen-bond donors (Lipinski definition) is 0. The molecule has 0 spiro atoms. The number of esters is 1. The van der Waals surface area contributed by atoms with E-state index in [1.54, 1.807) is 20.8 Å². The van der Waals surface area contributed by atoms with E-state index in [1.807, 2.05) is 0 Å². The maximum atomic E-state index is 11.6. The summed E-state index contributed by atoms with van der Waals surface area (Å²) in [6.45, 7) is 9.74. The molecule has 0 aromatic carbocycles. The molecule has 0 atom stereocenters. The maximum Gasteiger partial charge on any atom is 0.349 e. The average Bonchev–Trinajstić information content (AvgIpc) is 2.41. The van der Waals surface area contributed by atoms with E-state index in [4.69, 9.17) is 18.6 Å². The molecule has 0 N–H and O–H groups in total. The number of carbonyl (C=O) groups is 2. The number of ether oxygens (including phenoxy) is 3. The summed E-state index contributed by atoms with van der Waals surface area (Å²) in [6, 6.07) is 0.736. The fraction of sp³-hybridized carbons (Fsp3) is 0.692. The van der Waals surface area contributed by atoms with E-state index in [0.29, 0.717) is 31.8 Å². The fourth-order valence-electron chi connectivity index (χ4n) is 1.22. The van der Waals surface area contributed by atoms with Crippen LogP contribution in [0.5, 0.6) is 0 Å². The van der Waals surface area contributed by atoms with Crippen molar-refractivity contribution in [3.8, 4) is 0 Å². The Kier molecular flexibility index (Phi) is 10.9. The van der Waals surface area contributed by atoms with Crippen LogP contribution in [0.3, 0.4) is 0 Å². The molecular formula is C13H24O6Si. The lowest BCUT2D eigenvalue weighted by molar-refractivity contribution is -0.184. The third kappa shape index (κ3) is 8.84. The van der Waals surface area contributed by atoms with Crippen LogP contribution in [-0.2, 0) is 28.2 Å². The Hall–Kier alpha value is -1.18. The van der Waals surface area contributed by atoms with Gasteiger partial charge in [0.05, 0.1) is 6.61 Å². The summed E-state index contributed by atoms with van der Waals surface area (Å²) in [5.74, 6) is -0.865. The van der Waals surface area contributed by atoms with E-state index >= 15 is 0 Å². The second kappa shape index (κ2) is 11.6. The molecule has 0 amide bonds. The molecule has 0 radical (unpaired) electrons. The van der Waals surface area contributed by atoms with Crippen molar-refractivity contribution in [1.29, 1.82) is 0 Å². The van der Waals surface area contributed by atoms with Crippen LogP contribution in [0.25, 0.3) is 0 Å². The highest BCUT2D eigenvalue weighted by Crippen LogP contribution is 2.00. The van der Waals surface area contributed by atoms with Crippen molar-refractivity contribution in [1.82, 2.24) is 0 Å². The predicted octanol–water partition coefficient (Wildman–Crippen LogP) is 0.940. The summed E-state index contributed by atoms with van der Waals surface area (Å²) in [4.78, 5) is 22.7. The fourth-order valence-corrected chi connectivity index (χ4v) is 2.11. The molecule has 7 heteroatoms. The van der Waals surface area contributed by atoms with Crippen molar-refractivity contribution in [2.24, 2.45) is 0 Å². The molecule has 0 heterocycles. The third-order valence-electron chi connectivity index (χ3n) is 2.19. The Morgan fingerprint density at radius 1 is 1.20 bits per heavy atom. The van der Waals surface area contributed by atoms with Crippen LogP contribution in [0.2, 0.25) is 6.04 Å². The predicted molar refractivity (Wildman–Crippen MR) is 76.9 cm³/mol. The highest BCUT2D eigenvalue weighted by atomic mass is 28.2. The first-order chi connectivity index (χ1) is 9.52. The van der Waals surface area contributed by atoms with Gasteiger partial charge in [-0.1, -0.05) is 6.58 Å². The Morgan fingerprint density at radius 2 is 1.80 bits per heavy atom. The largest absolute Gasteiger partial charge is 0.521 e. The maximum absolute atomic E-state index is 11.6. The Morgan fingerprint density at radius 3 is 2.30 bits per heavy atom. The van der Waals surface area contributed by atoms with E-state index in [2.05, 4.69) is 6.58 Å².